The molecule has 0 atom stereocenters. The van der Waals surface area contributed by atoms with Gasteiger partial charge in [-0.05, 0) is 33.7 Å². The summed E-state index contributed by atoms with van der Waals surface area (Å²) in [4.78, 5) is 0. The Morgan fingerprint density at radius 2 is 0.971 bits per heavy atom. The SMILES string of the molecule is O=P1(c2ccccc2)c2sc3ccc4ccccc4c3c2-c2c1sc1ccc3ccccc3c21. The van der Waals surface area contributed by atoms with Crippen LogP contribution in [-0.2, 0) is 4.57 Å². The lowest BCUT2D eigenvalue weighted by molar-refractivity contribution is 0.593. The van der Waals surface area contributed by atoms with Gasteiger partial charge in [-0.2, -0.15) is 0 Å². The molecule has 0 fully saturated rings. The molecule has 5 aromatic carbocycles. The molecule has 0 N–H and O–H groups in total. The topological polar surface area (TPSA) is 17.1 Å². The van der Waals surface area contributed by atoms with Crippen LogP contribution in [0.5, 0.6) is 0 Å². The molecule has 0 saturated carbocycles. The minimum absolute atomic E-state index is 0.932. The zero-order valence-electron chi connectivity index (χ0n) is 18.0. The van der Waals surface area contributed by atoms with Crippen molar-refractivity contribution in [2.24, 2.45) is 0 Å². The summed E-state index contributed by atoms with van der Waals surface area (Å²) in [5, 5.41) is 8.36. The largest absolute Gasteiger partial charge is 0.307 e. The summed E-state index contributed by atoms with van der Waals surface area (Å²) in [5.41, 5.74) is 2.39. The van der Waals surface area contributed by atoms with Crippen LogP contribution in [0.25, 0.3) is 52.8 Å². The van der Waals surface area contributed by atoms with Gasteiger partial charge in [-0.3, -0.25) is 0 Å². The van der Waals surface area contributed by atoms with Gasteiger partial charge in [-0.1, -0.05) is 91.0 Å². The zero-order valence-corrected chi connectivity index (χ0v) is 20.5. The number of rotatable bonds is 1. The maximum Gasteiger partial charge on any atom is 0.191 e. The monoisotopic (exact) mass is 488 g/mol. The molecule has 160 valence electrons. The molecule has 7 aromatic rings. The second-order valence-electron chi connectivity index (χ2n) is 8.83. The highest BCUT2D eigenvalue weighted by Crippen LogP contribution is 2.61. The summed E-state index contributed by atoms with van der Waals surface area (Å²) in [6, 6.07) is 36.1. The number of benzene rings is 5. The summed E-state index contributed by atoms with van der Waals surface area (Å²) < 4.78 is 19.8. The number of thiophene rings is 2. The zero-order chi connectivity index (χ0) is 22.4. The first-order valence-electron chi connectivity index (χ1n) is 11.3. The van der Waals surface area contributed by atoms with Crippen molar-refractivity contribution in [2.45, 2.75) is 0 Å². The molecule has 1 nitrogen and oxygen atoms in total. The first kappa shape index (κ1) is 19.1. The molecule has 3 heterocycles. The van der Waals surface area contributed by atoms with Crippen molar-refractivity contribution in [3.05, 3.63) is 103 Å². The molecular formula is C30H17OPS2. The highest BCUT2D eigenvalue weighted by atomic mass is 32.1. The molecule has 2 aromatic heterocycles. The van der Waals surface area contributed by atoms with Gasteiger partial charge >= 0.3 is 0 Å². The Morgan fingerprint density at radius 1 is 0.500 bits per heavy atom. The van der Waals surface area contributed by atoms with Crippen molar-refractivity contribution < 1.29 is 4.57 Å². The van der Waals surface area contributed by atoms with Crippen LogP contribution in [0.1, 0.15) is 0 Å². The maximum absolute atomic E-state index is 15.3. The minimum Gasteiger partial charge on any atom is -0.307 e. The van der Waals surface area contributed by atoms with E-state index in [0.717, 1.165) is 14.5 Å². The van der Waals surface area contributed by atoms with Gasteiger partial charge in [0, 0.05) is 36.6 Å². The van der Waals surface area contributed by atoms with E-state index in [2.05, 4.69) is 72.8 Å². The van der Waals surface area contributed by atoms with Crippen LogP contribution in [0.3, 0.4) is 0 Å². The fraction of sp³-hybridized carbons (Fsp3) is 0. The standard InChI is InChI=1S/C30H17OPS2/c31-32(20-10-2-1-3-11-20)29-27(25-21-12-6-4-8-18(21)14-16-23(25)33-29)28-26-22-13-7-5-9-19(22)15-17-24(26)34-30(28)32/h1-17H. The highest BCUT2D eigenvalue weighted by molar-refractivity contribution is 7.94. The molecule has 0 amide bonds. The Hall–Kier alpha value is -3.23. The molecule has 0 radical (unpaired) electrons. The molecule has 1 aliphatic rings. The summed E-state index contributed by atoms with van der Waals surface area (Å²) >= 11 is 3.44. The lowest BCUT2D eigenvalue weighted by Gasteiger charge is -2.12. The predicted octanol–water partition coefficient (Wildman–Crippen LogP) is 8.04. The van der Waals surface area contributed by atoms with Gasteiger partial charge in [0.15, 0.2) is 7.14 Å². The van der Waals surface area contributed by atoms with Gasteiger partial charge in [0.2, 0.25) is 0 Å². The van der Waals surface area contributed by atoms with Gasteiger partial charge in [-0.25, -0.2) is 0 Å². The van der Waals surface area contributed by atoms with E-state index in [1.165, 1.54) is 52.8 Å². The fourth-order valence-electron chi connectivity index (χ4n) is 5.59. The van der Waals surface area contributed by atoms with Gasteiger partial charge in [-0.15, -0.1) is 22.7 Å². The molecule has 4 heteroatoms. The predicted molar refractivity (Wildman–Crippen MR) is 151 cm³/mol. The quantitative estimate of drug-likeness (QED) is 0.214. The summed E-state index contributed by atoms with van der Waals surface area (Å²) in [5.74, 6) is 0. The van der Waals surface area contributed by atoms with Crippen molar-refractivity contribution >= 4 is 86.1 Å². The lowest BCUT2D eigenvalue weighted by atomic mass is 9.97. The van der Waals surface area contributed by atoms with Crippen molar-refractivity contribution in [2.75, 3.05) is 0 Å². The normalized spacial score (nSPS) is 14.2. The van der Waals surface area contributed by atoms with Crippen molar-refractivity contribution in [3.8, 4) is 11.1 Å². The van der Waals surface area contributed by atoms with Gasteiger partial charge < -0.3 is 4.57 Å². The van der Waals surface area contributed by atoms with E-state index in [0.29, 0.717) is 0 Å². The van der Waals surface area contributed by atoms with Crippen LogP contribution in [0, 0.1) is 0 Å². The van der Waals surface area contributed by atoms with Gasteiger partial charge in [0.05, 0.1) is 9.24 Å². The van der Waals surface area contributed by atoms with E-state index in [1.54, 1.807) is 22.7 Å². The molecule has 0 saturated heterocycles. The van der Waals surface area contributed by atoms with E-state index >= 15 is 4.57 Å². The average molecular weight is 489 g/mol. The number of fused-ring (bicyclic) bond motifs is 11. The molecule has 34 heavy (non-hydrogen) atoms. The smallest absolute Gasteiger partial charge is 0.191 e. The molecule has 0 bridgehead atoms. The van der Waals surface area contributed by atoms with Crippen molar-refractivity contribution in [3.63, 3.8) is 0 Å². The molecular weight excluding hydrogens is 471 g/mol. The number of hydrogen-bond acceptors (Lipinski definition) is 3. The summed E-state index contributed by atoms with van der Waals surface area (Å²) in [6.07, 6.45) is 0. The van der Waals surface area contributed by atoms with E-state index in [9.17, 15) is 0 Å². The first-order chi connectivity index (χ1) is 16.7. The second-order valence-corrected chi connectivity index (χ2v) is 14.2. The Morgan fingerprint density at radius 3 is 1.50 bits per heavy atom. The van der Waals surface area contributed by atoms with E-state index in [-0.39, 0.29) is 0 Å². The third kappa shape index (κ3) is 2.27. The summed E-state index contributed by atoms with van der Waals surface area (Å²) in [6.45, 7) is 0. The summed E-state index contributed by atoms with van der Waals surface area (Å²) in [7, 11) is -2.97. The molecule has 0 unspecified atom stereocenters. The maximum atomic E-state index is 15.3. The molecule has 1 aliphatic heterocycles. The Balaban J connectivity index is 1.66. The first-order valence-corrected chi connectivity index (χ1v) is 14.6. The third-order valence-electron chi connectivity index (χ3n) is 7.06. The van der Waals surface area contributed by atoms with Crippen LogP contribution >= 0.6 is 29.8 Å². The van der Waals surface area contributed by atoms with Crippen LogP contribution in [0.4, 0.5) is 0 Å². The lowest BCUT2D eigenvalue weighted by Crippen LogP contribution is -2.17. The minimum atomic E-state index is -2.97. The molecule has 0 spiro atoms. The van der Waals surface area contributed by atoms with Crippen molar-refractivity contribution in [1.82, 2.24) is 0 Å². The van der Waals surface area contributed by atoms with E-state index < -0.39 is 7.14 Å². The third-order valence-corrected chi connectivity index (χ3v) is 13.7. The fourth-order valence-corrected chi connectivity index (χ4v) is 12.8. The van der Waals surface area contributed by atoms with Gasteiger partial charge in [0.1, 0.15) is 0 Å². The van der Waals surface area contributed by atoms with Crippen LogP contribution < -0.4 is 14.5 Å². The Bertz CT molecular complexity index is 1870. The molecule has 0 aliphatic carbocycles. The van der Waals surface area contributed by atoms with Crippen LogP contribution in [0.2, 0.25) is 0 Å². The highest BCUT2D eigenvalue weighted by Gasteiger charge is 2.46. The Labute approximate surface area is 204 Å². The van der Waals surface area contributed by atoms with Crippen LogP contribution in [-0.4, -0.2) is 0 Å². The second kappa shape index (κ2) is 6.67. The average Bonchev–Trinajstić information content (AvgIpc) is 3.54. The van der Waals surface area contributed by atoms with E-state index in [4.69, 9.17) is 0 Å². The molecule has 8 rings (SSSR count). The van der Waals surface area contributed by atoms with Gasteiger partial charge in [0.25, 0.3) is 0 Å². The number of hydrogen-bond donors (Lipinski definition) is 0. The van der Waals surface area contributed by atoms with Crippen LogP contribution in [0.15, 0.2) is 103 Å². The van der Waals surface area contributed by atoms with E-state index in [1.807, 2.05) is 30.3 Å². The van der Waals surface area contributed by atoms with Crippen molar-refractivity contribution in [1.29, 1.82) is 0 Å². The Kier molecular flexibility index (Phi) is 3.75.